The molecule has 4 aliphatic rings. The Balaban J connectivity index is 1.29. The van der Waals surface area contributed by atoms with E-state index in [1.54, 1.807) is 29.0 Å². The van der Waals surface area contributed by atoms with Gasteiger partial charge in [-0.25, -0.2) is 4.79 Å². The highest BCUT2D eigenvalue weighted by atomic mass is 32.1. The molecule has 4 unspecified atom stereocenters. The van der Waals surface area contributed by atoms with Gasteiger partial charge >= 0.3 is 12.2 Å². The number of allylic oxidation sites excluding steroid dienone is 1. The lowest BCUT2D eigenvalue weighted by molar-refractivity contribution is -0.164. The number of urea groups is 1. The van der Waals surface area contributed by atoms with Crippen molar-refractivity contribution in [2.45, 2.75) is 44.8 Å². The van der Waals surface area contributed by atoms with Gasteiger partial charge in [-0.15, -0.1) is 0 Å². The molecular weight excluding hydrogens is 523 g/mol. The highest BCUT2D eigenvalue weighted by Gasteiger charge is 2.56. The molecule has 1 aromatic rings. The number of methoxy groups -OCH3 is 1. The summed E-state index contributed by atoms with van der Waals surface area (Å²) >= 11 is 1.28. The van der Waals surface area contributed by atoms with Gasteiger partial charge in [0.15, 0.2) is 11.4 Å². The molecular formula is C25H34F3N5O4S. The predicted octanol–water partition coefficient (Wildman–Crippen LogP) is 2.91. The SMILES string of the molecule is COc1ccc(NC(=O)N2CC3(CCN(C(O)NCC4CN(C(C)=O)C4)C3)C3=CC(C(F)(F)F)CCC32)s1. The third-order valence-corrected chi connectivity index (χ3v) is 9.33. The molecule has 210 valence electrons. The minimum Gasteiger partial charge on any atom is -0.487 e. The number of aliphatic hydroxyl groups excluding tert-OH is 1. The van der Waals surface area contributed by atoms with Gasteiger partial charge in [0.25, 0.3) is 0 Å². The van der Waals surface area contributed by atoms with Crippen LogP contribution in [0.25, 0.3) is 0 Å². The fraction of sp³-hybridized carbons (Fsp3) is 0.680. The lowest BCUT2D eigenvalue weighted by atomic mass is 9.74. The number of nitrogens with one attached hydrogen (secondary N) is 2. The molecule has 4 atom stereocenters. The molecule has 4 heterocycles. The van der Waals surface area contributed by atoms with Gasteiger partial charge in [0.1, 0.15) is 5.00 Å². The number of halogens is 3. The van der Waals surface area contributed by atoms with Crippen LogP contribution in [0.2, 0.25) is 0 Å². The van der Waals surface area contributed by atoms with Crippen LogP contribution in [0.15, 0.2) is 23.8 Å². The van der Waals surface area contributed by atoms with E-state index in [0.717, 1.165) is 0 Å². The minimum absolute atomic E-state index is 0.0313. The van der Waals surface area contributed by atoms with Gasteiger partial charge in [0.05, 0.1) is 19.1 Å². The van der Waals surface area contributed by atoms with E-state index < -0.39 is 29.9 Å². The number of likely N-dealkylation sites (tertiary alicyclic amines) is 3. The van der Waals surface area contributed by atoms with Crippen molar-refractivity contribution in [1.29, 1.82) is 0 Å². The van der Waals surface area contributed by atoms with Crippen LogP contribution >= 0.6 is 11.3 Å². The van der Waals surface area contributed by atoms with E-state index in [0.29, 0.717) is 61.3 Å². The number of thiophene rings is 1. The number of hydrogen-bond acceptors (Lipinski definition) is 7. The summed E-state index contributed by atoms with van der Waals surface area (Å²) in [6.07, 6.45) is -3.20. The van der Waals surface area contributed by atoms with Crippen molar-refractivity contribution in [3.05, 3.63) is 23.8 Å². The zero-order valence-corrected chi connectivity index (χ0v) is 22.3. The number of rotatable bonds is 6. The lowest BCUT2D eigenvalue weighted by Gasteiger charge is -2.39. The van der Waals surface area contributed by atoms with Crippen molar-refractivity contribution >= 4 is 28.3 Å². The minimum atomic E-state index is -4.34. The fourth-order valence-electron chi connectivity index (χ4n) is 6.27. The van der Waals surface area contributed by atoms with Crippen molar-refractivity contribution in [3.63, 3.8) is 0 Å². The Kier molecular flexibility index (Phi) is 7.40. The normalized spacial score (nSPS) is 28.7. The van der Waals surface area contributed by atoms with Crippen molar-refractivity contribution in [2.24, 2.45) is 17.3 Å². The topological polar surface area (TPSA) is 97.4 Å². The van der Waals surface area contributed by atoms with Gasteiger partial charge in [0, 0.05) is 57.5 Å². The van der Waals surface area contributed by atoms with Crippen LogP contribution in [0, 0.1) is 17.3 Å². The molecule has 0 saturated carbocycles. The third-order valence-electron chi connectivity index (χ3n) is 8.37. The van der Waals surface area contributed by atoms with Gasteiger partial charge in [-0.1, -0.05) is 17.4 Å². The average Bonchev–Trinajstić information content (AvgIpc) is 3.55. The first-order valence-electron chi connectivity index (χ1n) is 12.9. The summed E-state index contributed by atoms with van der Waals surface area (Å²) < 4.78 is 46.3. The van der Waals surface area contributed by atoms with Crippen LogP contribution in [0.4, 0.5) is 23.0 Å². The smallest absolute Gasteiger partial charge is 0.395 e. The summed E-state index contributed by atoms with van der Waals surface area (Å²) in [6, 6.07) is 2.73. The van der Waals surface area contributed by atoms with E-state index in [4.69, 9.17) is 4.74 Å². The molecule has 5 rings (SSSR count). The number of amides is 3. The largest absolute Gasteiger partial charge is 0.487 e. The first-order valence-corrected chi connectivity index (χ1v) is 13.7. The second kappa shape index (κ2) is 10.3. The van der Waals surface area contributed by atoms with Gasteiger partial charge in [-0.05, 0) is 37.0 Å². The molecule has 0 radical (unpaired) electrons. The Hall–Kier alpha value is -2.35. The molecule has 0 aromatic carbocycles. The fourth-order valence-corrected chi connectivity index (χ4v) is 6.98. The van der Waals surface area contributed by atoms with E-state index >= 15 is 0 Å². The second-order valence-electron chi connectivity index (χ2n) is 10.8. The molecule has 1 aliphatic carbocycles. The molecule has 0 bridgehead atoms. The van der Waals surface area contributed by atoms with Gasteiger partial charge < -0.3 is 19.6 Å². The Bertz CT molecular complexity index is 1090. The third kappa shape index (κ3) is 5.25. The maximum atomic E-state index is 13.7. The molecule has 3 saturated heterocycles. The van der Waals surface area contributed by atoms with Gasteiger partial charge in [0.2, 0.25) is 5.91 Å². The van der Waals surface area contributed by atoms with E-state index in [1.807, 2.05) is 4.90 Å². The molecule has 13 heteroatoms. The summed E-state index contributed by atoms with van der Waals surface area (Å²) in [5.74, 6) is -1.25. The number of aliphatic hydroxyl groups is 1. The molecule has 1 aromatic heterocycles. The molecule has 3 amide bonds. The zero-order chi connectivity index (χ0) is 27.2. The highest BCUT2D eigenvalue weighted by molar-refractivity contribution is 7.18. The number of anilines is 1. The molecule has 9 nitrogen and oxygen atoms in total. The lowest BCUT2D eigenvalue weighted by Crippen LogP contribution is -2.55. The van der Waals surface area contributed by atoms with Crippen molar-refractivity contribution in [2.75, 3.05) is 51.7 Å². The van der Waals surface area contributed by atoms with Crippen LogP contribution in [0.5, 0.6) is 5.06 Å². The van der Waals surface area contributed by atoms with E-state index in [2.05, 4.69) is 10.6 Å². The highest BCUT2D eigenvalue weighted by Crippen LogP contribution is 2.52. The average molecular weight is 558 g/mol. The van der Waals surface area contributed by atoms with Crippen molar-refractivity contribution in [1.82, 2.24) is 20.0 Å². The second-order valence-corrected chi connectivity index (χ2v) is 11.9. The molecule has 38 heavy (non-hydrogen) atoms. The van der Waals surface area contributed by atoms with Crippen LogP contribution in [-0.2, 0) is 4.79 Å². The number of nitrogens with zero attached hydrogens (tertiary/aromatic N) is 3. The summed E-state index contributed by atoms with van der Waals surface area (Å²) in [4.78, 5) is 29.9. The van der Waals surface area contributed by atoms with E-state index in [9.17, 15) is 27.9 Å². The summed E-state index contributed by atoms with van der Waals surface area (Å²) in [7, 11) is 1.54. The quantitative estimate of drug-likeness (QED) is 0.368. The van der Waals surface area contributed by atoms with Crippen LogP contribution < -0.4 is 15.4 Å². The number of alkyl halides is 3. The number of carbonyl (C=O) groups is 2. The predicted molar refractivity (Wildman–Crippen MR) is 136 cm³/mol. The summed E-state index contributed by atoms with van der Waals surface area (Å²) in [5, 5.41) is 18.1. The first kappa shape index (κ1) is 27.2. The molecule has 1 spiro atoms. The van der Waals surface area contributed by atoms with E-state index in [1.165, 1.54) is 24.3 Å². The summed E-state index contributed by atoms with van der Waals surface area (Å²) in [5.41, 5.74) is 0.0136. The standard InChI is InChI=1S/C25H34F3N5O4S/c1-15(34)32-11-16(12-32)10-29-22(35)31-8-7-24(13-31)14-33(23(36)30-20-5-6-21(37-2)38-20)19-4-3-17(9-18(19)24)25(26,27)28/h5-6,9,16-17,19,22,29,35H,3-4,7-8,10-14H2,1-2H3,(H,30,36). The van der Waals surface area contributed by atoms with Gasteiger partial charge in [-0.2, -0.15) is 13.2 Å². The number of carbonyl (C=O) groups excluding carboxylic acids is 2. The first-order chi connectivity index (χ1) is 18.0. The van der Waals surface area contributed by atoms with Crippen LogP contribution in [0.1, 0.15) is 26.2 Å². The molecule has 3 fully saturated rings. The Morgan fingerprint density at radius 2 is 2.03 bits per heavy atom. The van der Waals surface area contributed by atoms with Gasteiger partial charge in [-0.3, -0.25) is 20.3 Å². The van der Waals surface area contributed by atoms with Crippen LogP contribution in [0.3, 0.4) is 0 Å². The number of ether oxygens (including phenoxy) is 1. The molecule has 3 N–H and O–H groups in total. The number of hydrogen-bond donors (Lipinski definition) is 3. The molecule has 3 aliphatic heterocycles. The van der Waals surface area contributed by atoms with Crippen molar-refractivity contribution in [3.8, 4) is 5.06 Å². The van der Waals surface area contributed by atoms with Crippen molar-refractivity contribution < 1.29 is 32.6 Å². The Labute approximate surface area is 223 Å². The van der Waals surface area contributed by atoms with Crippen LogP contribution in [-0.4, -0.2) is 96.7 Å². The maximum Gasteiger partial charge on any atom is 0.395 e. The van der Waals surface area contributed by atoms with E-state index in [-0.39, 0.29) is 30.7 Å². The zero-order valence-electron chi connectivity index (χ0n) is 21.5. The monoisotopic (exact) mass is 557 g/mol. The number of fused-ring (bicyclic) bond motifs is 2. The summed E-state index contributed by atoms with van der Waals surface area (Å²) in [6.45, 7) is 4.50. The Morgan fingerprint density at radius 3 is 2.68 bits per heavy atom. The maximum absolute atomic E-state index is 13.7. The Morgan fingerprint density at radius 1 is 1.26 bits per heavy atom.